The predicted molar refractivity (Wildman–Crippen MR) is 48.2 cm³/mol. The lowest BCUT2D eigenvalue weighted by atomic mass is 10.4. The molecule has 0 aliphatic rings. The van der Waals surface area contributed by atoms with E-state index in [-0.39, 0.29) is 6.10 Å². The van der Waals surface area contributed by atoms with Crippen LogP contribution in [0.4, 0.5) is 0 Å². The Kier molecular flexibility index (Phi) is 8.88. The summed E-state index contributed by atoms with van der Waals surface area (Å²) in [5.41, 5.74) is 0. The van der Waals surface area contributed by atoms with Crippen LogP contribution in [-0.4, -0.2) is 37.6 Å². The molecule has 1 N–H and O–H groups in total. The van der Waals surface area contributed by atoms with Gasteiger partial charge in [-0.2, -0.15) is 0 Å². The van der Waals surface area contributed by atoms with E-state index in [0.29, 0.717) is 19.8 Å². The van der Waals surface area contributed by atoms with Crippen LogP contribution in [0.15, 0.2) is 0 Å². The number of hydrogen-bond acceptors (Lipinski definition) is 3. The van der Waals surface area contributed by atoms with Crippen molar-refractivity contribution in [1.82, 2.24) is 0 Å². The lowest BCUT2D eigenvalue weighted by molar-refractivity contribution is 0.00912. The van der Waals surface area contributed by atoms with Crippen LogP contribution >= 0.6 is 0 Å². The Balaban J connectivity index is 2.82. The molecule has 0 unspecified atom stereocenters. The average molecular weight is 176 g/mol. The number of unbranched alkanes of at least 4 members (excludes halogenated alkanes) is 1. The number of hydrogen-bond donors (Lipinski definition) is 1. The molecular formula is C9H20O3. The summed E-state index contributed by atoms with van der Waals surface area (Å²) in [5.74, 6) is 0. The normalized spacial score (nSPS) is 13.2. The van der Waals surface area contributed by atoms with Crippen molar-refractivity contribution >= 4 is 0 Å². The highest BCUT2D eigenvalue weighted by Gasteiger charge is 1.94. The van der Waals surface area contributed by atoms with Crippen LogP contribution in [0, 0.1) is 0 Å². The molecule has 0 bridgehead atoms. The molecule has 0 aromatic heterocycles. The van der Waals surface area contributed by atoms with Gasteiger partial charge >= 0.3 is 0 Å². The molecule has 74 valence electrons. The molecule has 0 heterocycles. The molecule has 0 aliphatic heterocycles. The van der Waals surface area contributed by atoms with E-state index < -0.39 is 0 Å². The van der Waals surface area contributed by atoms with E-state index in [9.17, 15) is 0 Å². The van der Waals surface area contributed by atoms with Gasteiger partial charge < -0.3 is 14.6 Å². The minimum atomic E-state index is -0.374. The molecule has 0 radical (unpaired) electrons. The molecule has 0 aromatic rings. The summed E-state index contributed by atoms with van der Waals surface area (Å²) < 4.78 is 10.3. The zero-order valence-corrected chi connectivity index (χ0v) is 8.08. The minimum absolute atomic E-state index is 0.374. The van der Waals surface area contributed by atoms with E-state index in [1.54, 1.807) is 6.92 Å². The van der Waals surface area contributed by atoms with Crippen molar-refractivity contribution in [2.24, 2.45) is 0 Å². The maximum absolute atomic E-state index is 8.83. The maximum Gasteiger partial charge on any atom is 0.0745 e. The second-order valence-electron chi connectivity index (χ2n) is 2.89. The fourth-order valence-corrected chi connectivity index (χ4v) is 0.720. The molecule has 0 amide bonds. The molecule has 0 rings (SSSR count). The fourth-order valence-electron chi connectivity index (χ4n) is 0.720. The Bertz CT molecular complexity index is 83.8. The van der Waals surface area contributed by atoms with Crippen molar-refractivity contribution in [1.29, 1.82) is 0 Å². The first kappa shape index (κ1) is 11.9. The lowest BCUT2D eigenvalue weighted by Crippen LogP contribution is -2.13. The molecule has 3 nitrogen and oxygen atoms in total. The Morgan fingerprint density at radius 3 is 2.42 bits per heavy atom. The number of rotatable bonds is 8. The molecule has 0 saturated carbocycles. The number of aliphatic hydroxyl groups is 1. The van der Waals surface area contributed by atoms with E-state index >= 15 is 0 Å². The maximum atomic E-state index is 8.83. The summed E-state index contributed by atoms with van der Waals surface area (Å²) in [6.07, 6.45) is 1.89. The van der Waals surface area contributed by atoms with Crippen LogP contribution < -0.4 is 0 Å². The number of aliphatic hydroxyl groups excluding tert-OH is 1. The van der Waals surface area contributed by atoms with Gasteiger partial charge in [0.05, 0.1) is 25.9 Å². The van der Waals surface area contributed by atoms with Gasteiger partial charge in [-0.25, -0.2) is 0 Å². The molecule has 0 fully saturated rings. The van der Waals surface area contributed by atoms with Crippen molar-refractivity contribution in [3.63, 3.8) is 0 Å². The van der Waals surface area contributed by atoms with Crippen molar-refractivity contribution in [3.05, 3.63) is 0 Å². The molecule has 1 atom stereocenters. The minimum Gasteiger partial charge on any atom is -0.391 e. The first-order valence-corrected chi connectivity index (χ1v) is 4.61. The average Bonchev–Trinajstić information content (AvgIpc) is 2.02. The summed E-state index contributed by atoms with van der Waals surface area (Å²) in [6.45, 7) is 6.26. The Labute approximate surface area is 74.7 Å². The zero-order chi connectivity index (χ0) is 9.23. The van der Waals surface area contributed by atoms with Gasteiger partial charge in [-0.05, 0) is 13.3 Å². The van der Waals surface area contributed by atoms with E-state index in [1.165, 1.54) is 0 Å². The van der Waals surface area contributed by atoms with Gasteiger partial charge in [-0.15, -0.1) is 0 Å². The van der Waals surface area contributed by atoms with E-state index in [0.717, 1.165) is 19.4 Å². The van der Waals surface area contributed by atoms with Crippen LogP contribution in [0.2, 0.25) is 0 Å². The van der Waals surface area contributed by atoms with Crippen LogP contribution in [0.5, 0.6) is 0 Å². The summed E-state index contributed by atoms with van der Waals surface area (Å²) in [7, 11) is 0. The largest absolute Gasteiger partial charge is 0.391 e. The molecule has 12 heavy (non-hydrogen) atoms. The zero-order valence-electron chi connectivity index (χ0n) is 8.08. The van der Waals surface area contributed by atoms with Gasteiger partial charge in [0.25, 0.3) is 0 Å². The van der Waals surface area contributed by atoms with Gasteiger partial charge in [-0.1, -0.05) is 13.3 Å². The molecule has 0 aliphatic carbocycles. The van der Waals surface area contributed by atoms with E-state index in [4.69, 9.17) is 14.6 Å². The lowest BCUT2D eigenvalue weighted by Gasteiger charge is -2.06. The van der Waals surface area contributed by atoms with Crippen molar-refractivity contribution in [2.75, 3.05) is 26.4 Å². The second kappa shape index (κ2) is 8.97. The first-order valence-electron chi connectivity index (χ1n) is 4.61. The monoisotopic (exact) mass is 176 g/mol. The summed E-state index contributed by atoms with van der Waals surface area (Å²) in [4.78, 5) is 0. The van der Waals surface area contributed by atoms with Gasteiger partial charge in [0.1, 0.15) is 0 Å². The van der Waals surface area contributed by atoms with Crippen LogP contribution in [0.3, 0.4) is 0 Å². The summed E-state index contributed by atoms with van der Waals surface area (Å²) >= 11 is 0. The summed E-state index contributed by atoms with van der Waals surface area (Å²) in [5, 5.41) is 8.83. The molecule has 3 heteroatoms. The Hall–Kier alpha value is -0.120. The smallest absolute Gasteiger partial charge is 0.0745 e. The van der Waals surface area contributed by atoms with Crippen LogP contribution in [-0.2, 0) is 9.47 Å². The quantitative estimate of drug-likeness (QED) is 0.565. The fraction of sp³-hybridized carbons (Fsp3) is 1.00. The topological polar surface area (TPSA) is 38.7 Å². The molecule has 0 saturated heterocycles. The SMILES string of the molecule is CCCCOCCOC[C@@H](C)O. The third kappa shape index (κ3) is 9.88. The van der Waals surface area contributed by atoms with Crippen LogP contribution in [0.1, 0.15) is 26.7 Å². The van der Waals surface area contributed by atoms with Crippen molar-refractivity contribution < 1.29 is 14.6 Å². The van der Waals surface area contributed by atoms with Gasteiger partial charge in [0.15, 0.2) is 0 Å². The molecule has 0 spiro atoms. The highest BCUT2D eigenvalue weighted by atomic mass is 16.5. The second-order valence-corrected chi connectivity index (χ2v) is 2.89. The van der Waals surface area contributed by atoms with Gasteiger partial charge in [0, 0.05) is 6.61 Å². The third-order valence-electron chi connectivity index (χ3n) is 1.37. The Morgan fingerprint density at radius 1 is 1.17 bits per heavy atom. The van der Waals surface area contributed by atoms with Crippen molar-refractivity contribution in [3.8, 4) is 0 Å². The highest BCUT2D eigenvalue weighted by molar-refractivity contribution is 4.41. The molecular weight excluding hydrogens is 156 g/mol. The third-order valence-corrected chi connectivity index (χ3v) is 1.37. The first-order chi connectivity index (χ1) is 5.77. The molecule has 0 aromatic carbocycles. The van der Waals surface area contributed by atoms with E-state index in [1.807, 2.05) is 0 Å². The Morgan fingerprint density at radius 2 is 1.83 bits per heavy atom. The highest BCUT2D eigenvalue weighted by Crippen LogP contribution is 1.88. The standard InChI is InChI=1S/C9H20O3/c1-3-4-5-11-6-7-12-8-9(2)10/h9-10H,3-8H2,1-2H3/t9-/m1/s1. The van der Waals surface area contributed by atoms with E-state index in [2.05, 4.69) is 6.92 Å². The number of ether oxygens (including phenoxy) is 2. The van der Waals surface area contributed by atoms with Crippen molar-refractivity contribution in [2.45, 2.75) is 32.8 Å². The van der Waals surface area contributed by atoms with Gasteiger partial charge in [0.2, 0.25) is 0 Å². The van der Waals surface area contributed by atoms with Crippen LogP contribution in [0.25, 0.3) is 0 Å². The summed E-state index contributed by atoms with van der Waals surface area (Å²) in [6, 6.07) is 0. The predicted octanol–water partition coefficient (Wildman–Crippen LogP) is 1.20. The van der Waals surface area contributed by atoms with Gasteiger partial charge in [-0.3, -0.25) is 0 Å².